The molecule has 20 heavy (non-hydrogen) atoms. The molecule has 8 heteroatoms. The van der Waals surface area contributed by atoms with Crippen molar-refractivity contribution in [2.24, 2.45) is 17.8 Å². The molecule has 1 saturated heterocycles. The second kappa shape index (κ2) is 3.84. The molecule has 0 aromatic carbocycles. The van der Waals surface area contributed by atoms with Gasteiger partial charge in [0.2, 0.25) is 0 Å². The van der Waals surface area contributed by atoms with Gasteiger partial charge in [-0.3, -0.25) is 0 Å². The van der Waals surface area contributed by atoms with Crippen molar-refractivity contribution in [1.29, 1.82) is 0 Å². The third-order valence-corrected chi connectivity index (χ3v) is 4.80. The minimum absolute atomic E-state index is 0.182. The highest BCUT2D eigenvalue weighted by atomic mass is 19.4. The highest BCUT2D eigenvalue weighted by Crippen LogP contribution is 2.68. The van der Waals surface area contributed by atoms with Crippen molar-refractivity contribution in [3.63, 3.8) is 0 Å². The fourth-order valence-electron chi connectivity index (χ4n) is 4.19. The lowest BCUT2D eigenvalue weighted by Crippen LogP contribution is -2.60. The number of alkyl halides is 6. The maximum atomic E-state index is 13.1. The second-order valence-corrected chi connectivity index (χ2v) is 5.58. The summed E-state index contributed by atoms with van der Waals surface area (Å²) < 4.78 is 88.6. The molecule has 0 N–H and O–H groups in total. The Bertz CT molecular complexity index is 415. The lowest BCUT2D eigenvalue weighted by Gasteiger charge is -2.36. The Balaban J connectivity index is 2.03. The minimum atomic E-state index is -5.49. The maximum absolute atomic E-state index is 13.1. The van der Waals surface area contributed by atoms with Crippen LogP contribution >= 0.6 is 0 Å². The van der Waals surface area contributed by atoms with E-state index in [9.17, 15) is 26.3 Å². The van der Waals surface area contributed by atoms with Gasteiger partial charge >= 0.3 is 12.4 Å². The summed E-state index contributed by atoms with van der Waals surface area (Å²) in [6, 6.07) is 0. The van der Waals surface area contributed by atoms with Crippen molar-refractivity contribution in [2.75, 3.05) is 0 Å². The van der Waals surface area contributed by atoms with E-state index in [2.05, 4.69) is 11.3 Å². The van der Waals surface area contributed by atoms with Crippen LogP contribution in [-0.4, -0.2) is 30.2 Å². The fraction of sp³-hybridized carbons (Fsp3) is 0.833. The Labute approximate surface area is 110 Å². The first-order valence-electron chi connectivity index (χ1n) is 6.21. The van der Waals surface area contributed by atoms with Crippen molar-refractivity contribution in [3.05, 3.63) is 12.8 Å². The zero-order valence-corrected chi connectivity index (χ0v) is 10.2. The molecule has 1 heterocycles. The normalized spacial score (nSPS) is 42.0. The summed E-state index contributed by atoms with van der Waals surface area (Å²) >= 11 is 0. The third kappa shape index (κ3) is 1.46. The topological polar surface area (TPSA) is 18.5 Å². The number of halogens is 6. The molecular weight excluding hydrogens is 290 g/mol. The molecule has 2 bridgehead atoms. The van der Waals surface area contributed by atoms with Crippen LogP contribution < -0.4 is 0 Å². The van der Waals surface area contributed by atoms with E-state index in [-0.39, 0.29) is 18.8 Å². The third-order valence-electron chi connectivity index (χ3n) is 4.80. The Hall–Kier alpha value is -0.920. The van der Waals surface area contributed by atoms with E-state index in [1.807, 2.05) is 0 Å². The summed E-state index contributed by atoms with van der Waals surface area (Å²) in [5, 5.41) is 0. The number of hydrogen-bond acceptors (Lipinski definition) is 2. The van der Waals surface area contributed by atoms with Gasteiger partial charge in [0.1, 0.15) is 6.10 Å². The number of ether oxygens (including phenoxy) is 2. The molecule has 114 valence electrons. The Kier molecular flexibility index (Phi) is 2.69. The van der Waals surface area contributed by atoms with Crippen LogP contribution in [0.5, 0.6) is 0 Å². The Morgan fingerprint density at radius 1 is 1.10 bits per heavy atom. The monoisotopic (exact) mass is 302 g/mol. The van der Waals surface area contributed by atoms with Crippen molar-refractivity contribution in [1.82, 2.24) is 0 Å². The average Bonchev–Trinajstić information content (AvgIpc) is 2.84. The van der Waals surface area contributed by atoms with Gasteiger partial charge in [-0.25, -0.2) is 0 Å². The van der Waals surface area contributed by atoms with Gasteiger partial charge in [-0.2, -0.15) is 26.3 Å². The van der Waals surface area contributed by atoms with Gasteiger partial charge in [0.05, 0.1) is 12.4 Å². The minimum Gasteiger partial charge on any atom is -0.496 e. The van der Waals surface area contributed by atoms with Crippen molar-refractivity contribution in [2.45, 2.75) is 43.0 Å². The van der Waals surface area contributed by atoms with E-state index in [0.717, 1.165) is 6.26 Å². The molecule has 2 saturated carbocycles. The molecule has 2 nitrogen and oxygen atoms in total. The van der Waals surface area contributed by atoms with Crippen molar-refractivity contribution in [3.8, 4) is 0 Å². The fourth-order valence-corrected chi connectivity index (χ4v) is 4.19. The van der Waals surface area contributed by atoms with Gasteiger partial charge in [0.15, 0.2) is 0 Å². The maximum Gasteiger partial charge on any atom is 0.426 e. The summed E-state index contributed by atoms with van der Waals surface area (Å²) in [6.45, 7) is 3.30. The summed E-state index contributed by atoms with van der Waals surface area (Å²) in [7, 11) is 0. The highest BCUT2D eigenvalue weighted by molar-refractivity contribution is 5.19. The van der Waals surface area contributed by atoms with Crippen molar-refractivity contribution < 1.29 is 35.8 Å². The summed E-state index contributed by atoms with van der Waals surface area (Å²) in [5.74, 6) is -2.66. The molecule has 0 aromatic heterocycles. The summed E-state index contributed by atoms with van der Waals surface area (Å²) in [5.41, 5.74) is -4.05. The van der Waals surface area contributed by atoms with Gasteiger partial charge in [-0.1, -0.05) is 6.58 Å². The molecular formula is C12H12F6O2. The molecule has 3 aliphatic rings. The lowest BCUT2D eigenvalue weighted by molar-refractivity contribution is -0.385. The van der Waals surface area contributed by atoms with E-state index in [1.165, 1.54) is 0 Å². The van der Waals surface area contributed by atoms with E-state index in [0.29, 0.717) is 0 Å². The molecule has 0 radical (unpaired) electrons. The van der Waals surface area contributed by atoms with Gasteiger partial charge in [0, 0.05) is 5.92 Å². The van der Waals surface area contributed by atoms with Gasteiger partial charge in [-0.15, -0.1) is 0 Å². The lowest BCUT2D eigenvalue weighted by atomic mass is 9.77. The molecule has 1 aliphatic heterocycles. The smallest absolute Gasteiger partial charge is 0.426 e. The molecule has 0 spiro atoms. The molecule has 3 fully saturated rings. The molecule has 5 atom stereocenters. The van der Waals surface area contributed by atoms with Crippen LogP contribution in [0.2, 0.25) is 0 Å². The molecule has 0 aromatic rings. The van der Waals surface area contributed by atoms with E-state index >= 15 is 0 Å². The first kappa shape index (κ1) is 14.0. The van der Waals surface area contributed by atoms with Crippen LogP contribution in [0.1, 0.15) is 12.8 Å². The zero-order valence-electron chi connectivity index (χ0n) is 10.2. The van der Waals surface area contributed by atoms with E-state index in [1.54, 1.807) is 0 Å². The van der Waals surface area contributed by atoms with Crippen LogP contribution in [0, 0.1) is 17.8 Å². The molecule has 2 aliphatic carbocycles. The summed E-state index contributed by atoms with van der Waals surface area (Å²) in [6.07, 6.45) is -11.8. The molecule has 3 unspecified atom stereocenters. The quantitative estimate of drug-likeness (QED) is 0.575. The van der Waals surface area contributed by atoms with Crippen molar-refractivity contribution >= 4 is 0 Å². The number of fused-ring (bicyclic) bond motifs is 1. The largest absolute Gasteiger partial charge is 0.496 e. The predicted octanol–water partition coefficient (Wildman–Crippen LogP) is 3.43. The van der Waals surface area contributed by atoms with Gasteiger partial charge in [0.25, 0.3) is 5.60 Å². The van der Waals surface area contributed by atoms with Gasteiger partial charge < -0.3 is 9.47 Å². The first-order valence-corrected chi connectivity index (χ1v) is 6.21. The molecule has 0 amide bonds. The predicted molar refractivity (Wildman–Crippen MR) is 54.5 cm³/mol. The SMILES string of the molecule is C=COC1C2OC(C(F)(F)F)(C(F)(F)F)C3C[C@@H]1C[C@@H]23. The Morgan fingerprint density at radius 3 is 2.20 bits per heavy atom. The van der Waals surface area contributed by atoms with E-state index < -0.39 is 42.0 Å². The zero-order chi connectivity index (χ0) is 14.9. The van der Waals surface area contributed by atoms with Crippen LogP contribution in [0.3, 0.4) is 0 Å². The second-order valence-electron chi connectivity index (χ2n) is 5.58. The van der Waals surface area contributed by atoms with E-state index in [4.69, 9.17) is 4.74 Å². The Morgan fingerprint density at radius 2 is 1.70 bits per heavy atom. The van der Waals surface area contributed by atoms with Crippen LogP contribution in [0.15, 0.2) is 12.8 Å². The van der Waals surface area contributed by atoms with Gasteiger partial charge in [-0.05, 0) is 24.7 Å². The standard InChI is InChI=1S/C12H12F6O2/c1-2-19-8-5-3-6-7(4-5)10(11(13,14)15,12(16,17)18)20-9(6)8/h2,5-9H,1,3-4H2/t5-,6+,7?,8?,9?/m0/s1. The average molecular weight is 302 g/mol. The van der Waals surface area contributed by atoms with Crippen LogP contribution in [0.25, 0.3) is 0 Å². The molecule has 3 rings (SSSR count). The van der Waals surface area contributed by atoms with Crippen LogP contribution in [0.4, 0.5) is 26.3 Å². The number of hydrogen-bond donors (Lipinski definition) is 0. The first-order chi connectivity index (χ1) is 9.13. The van der Waals surface area contributed by atoms with Crippen LogP contribution in [-0.2, 0) is 9.47 Å². The highest BCUT2D eigenvalue weighted by Gasteiger charge is 2.84. The number of rotatable bonds is 2. The summed E-state index contributed by atoms with van der Waals surface area (Å²) in [4.78, 5) is 0.